The number of hydrogen-bond donors (Lipinski definition) is 1. The average Bonchev–Trinajstić information content (AvgIpc) is 2.52. The number of benzene rings is 1. The van der Waals surface area contributed by atoms with Gasteiger partial charge in [0.1, 0.15) is 12.2 Å². The molecule has 0 saturated carbocycles. The van der Waals surface area contributed by atoms with E-state index in [1.54, 1.807) is 11.8 Å². The van der Waals surface area contributed by atoms with E-state index >= 15 is 0 Å². The molecule has 2 fully saturated rings. The molecule has 2 amide bonds. The van der Waals surface area contributed by atoms with Gasteiger partial charge in [-0.2, -0.15) is 13.2 Å². The van der Waals surface area contributed by atoms with Crippen LogP contribution in [0.2, 0.25) is 5.02 Å². The van der Waals surface area contributed by atoms with Crippen LogP contribution in [0.5, 0.6) is 0 Å². The molecule has 2 atom stereocenters. The second-order valence-corrected chi connectivity index (χ2v) is 6.64. The summed E-state index contributed by atoms with van der Waals surface area (Å²) >= 11 is 5.77. The van der Waals surface area contributed by atoms with Gasteiger partial charge < -0.3 is 10.2 Å². The first kappa shape index (κ1) is 18.0. The smallest absolute Gasteiger partial charge is 0.351 e. The average molecular weight is 376 g/mol. The van der Waals surface area contributed by atoms with Gasteiger partial charge in [0.05, 0.1) is 17.1 Å². The zero-order valence-electron chi connectivity index (χ0n) is 13.4. The molecule has 2 heterocycles. The molecule has 0 aliphatic carbocycles. The SMILES string of the molecule is CC1C(=O)NCC2N(Cc3ccc(C(F)(F)F)c(Cl)c3)CCC(=O)N12. The van der Waals surface area contributed by atoms with E-state index < -0.39 is 17.8 Å². The molecular formula is C16H17ClF3N3O2. The third-order valence-corrected chi connectivity index (χ3v) is 4.94. The standard InChI is InChI=1S/C16H17ClF3N3O2/c1-9-15(25)21-7-13-22(5-4-14(24)23(9)13)8-10-2-3-11(12(17)6-10)16(18,19)20/h2-3,6,9,13H,4-5,7-8H2,1H3,(H,21,25). The summed E-state index contributed by atoms with van der Waals surface area (Å²) in [5.41, 5.74) is -0.247. The molecule has 0 bridgehead atoms. The molecule has 1 aromatic carbocycles. The summed E-state index contributed by atoms with van der Waals surface area (Å²) in [7, 11) is 0. The second-order valence-electron chi connectivity index (χ2n) is 6.24. The van der Waals surface area contributed by atoms with Crippen LogP contribution >= 0.6 is 11.6 Å². The Morgan fingerprint density at radius 2 is 2.04 bits per heavy atom. The van der Waals surface area contributed by atoms with Gasteiger partial charge in [-0.15, -0.1) is 0 Å². The Bertz CT molecular complexity index is 710. The Morgan fingerprint density at radius 1 is 1.32 bits per heavy atom. The first-order valence-corrected chi connectivity index (χ1v) is 8.25. The van der Waals surface area contributed by atoms with Gasteiger partial charge in [0.15, 0.2) is 0 Å². The maximum Gasteiger partial charge on any atom is 0.417 e. The first-order chi connectivity index (χ1) is 11.7. The van der Waals surface area contributed by atoms with E-state index in [4.69, 9.17) is 11.6 Å². The van der Waals surface area contributed by atoms with Crippen molar-refractivity contribution < 1.29 is 22.8 Å². The van der Waals surface area contributed by atoms with Crippen molar-refractivity contribution in [1.29, 1.82) is 0 Å². The van der Waals surface area contributed by atoms with Gasteiger partial charge in [-0.1, -0.05) is 17.7 Å². The van der Waals surface area contributed by atoms with Crippen LogP contribution in [-0.4, -0.2) is 46.9 Å². The van der Waals surface area contributed by atoms with Crippen LogP contribution in [0.25, 0.3) is 0 Å². The minimum Gasteiger partial charge on any atom is -0.351 e. The molecule has 3 rings (SSSR count). The molecule has 9 heteroatoms. The van der Waals surface area contributed by atoms with Crippen LogP contribution in [0.4, 0.5) is 13.2 Å². The predicted molar refractivity (Wildman–Crippen MR) is 84.6 cm³/mol. The van der Waals surface area contributed by atoms with E-state index in [1.807, 2.05) is 4.90 Å². The van der Waals surface area contributed by atoms with Crippen molar-refractivity contribution >= 4 is 23.4 Å². The number of fused-ring (bicyclic) bond motifs is 1. The van der Waals surface area contributed by atoms with E-state index in [-0.39, 0.29) is 29.4 Å². The molecule has 2 aliphatic heterocycles. The largest absolute Gasteiger partial charge is 0.417 e. The van der Waals surface area contributed by atoms with Crippen molar-refractivity contribution in [2.24, 2.45) is 0 Å². The lowest BCUT2D eigenvalue weighted by Crippen LogP contribution is -2.68. The maximum atomic E-state index is 12.8. The van der Waals surface area contributed by atoms with Gasteiger partial charge in [0.2, 0.25) is 11.8 Å². The molecule has 0 spiro atoms. The third kappa shape index (κ3) is 3.46. The third-order valence-electron chi connectivity index (χ3n) is 4.62. The highest BCUT2D eigenvalue weighted by atomic mass is 35.5. The molecule has 1 aromatic rings. The van der Waals surface area contributed by atoms with Crippen molar-refractivity contribution in [2.45, 2.75) is 38.3 Å². The Kier molecular flexibility index (Phi) is 4.68. The van der Waals surface area contributed by atoms with Crippen LogP contribution < -0.4 is 5.32 Å². The molecular weight excluding hydrogens is 359 g/mol. The first-order valence-electron chi connectivity index (χ1n) is 7.87. The monoisotopic (exact) mass is 375 g/mol. The number of alkyl halides is 3. The highest BCUT2D eigenvalue weighted by Crippen LogP contribution is 2.35. The fourth-order valence-corrected chi connectivity index (χ4v) is 3.64. The molecule has 1 N–H and O–H groups in total. The molecule has 25 heavy (non-hydrogen) atoms. The Balaban J connectivity index is 1.80. The van der Waals surface area contributed by atoms with Crippen molar-refractivity contribution in [3.63, 3.8) is 0 Å². The summed E-state index contributed by atoms with van der Waals surface area (Å²) < 4.78 is 38.4. The van der Waals surface area contributed by atoms with Crippen LogP contribution in [0.15, 0.2) is 18.2 Å². The topological polar surface area (TPSA) is 52.7 Å². The van der Waals surface area contributed by atoms with E-state index in [0.29, 0.717) is 25.2 Å². The number of carbonyl (C=O) groups is 2. The van der Waals surface area contributed by atoms with Crippen LogP contribution in [0.1, 0.15) is 24.5 Å². The van der Waals surface area contributed by atoms with Crippen LogP contribution in [0, 0.1) is 0 Å². The van der Waals surface area contributed by atoms with Crippen LogP contribution in [0.3, 0.4) is 0 Å². The summed E-state index contributed by atoms with van der Waals surface area (Å²) in [4.78, 5) is 27.5. The fourth-order valence-electron chi connectivity index (χ4n) is 3.33. The summed E-state index contributed by atoms with van der Waals surface area (Å²) in [5.74, 6) is -0.293. The van der Waals surface area contributed by atoms with E-state index in [2.05, 4.69) is 5.32 Å². The lowest BCUT2D eigenvalue weighted by Gasteiger charge is -2.48. The number of nitrogens with zero attached hydrogens (tertiary/aromatic N) is 2. The number of amides is 2. The zero-order valence-corrected chi connectivity index (χ0v) is 14.2. The van der Waals surface area contributed by atoms with E-state index in [1.165, 1.54) is 12.1 Å². The van der Waals surface area contributed by atoms with Crippen molar-refractivity contribution in [3.8, 4) is 0 Å². The second kappa shape index (κ2) is 6.49. The quantitative estimate of drug-likeness (QED) is 0.862. The summed E-state index contributed by atoms with van der Waals surface area (Å²) in [5, 5.41) is 2.41. The number of rotatable bonds is 2. The van der Waals surface area contributed by atoms with Gasteiger partial charge in [0.25, 0.3) is 0 Å². The lowest BCUT2D eigenvalue weighted by atomic mass is 10.0. The van der Waals surface area contributed by atoms with E-state index in [9.17, 15) is 22.8 Å². The highest BCUT2D eigenvalue weighted by Gasteiger charge is 2.42. The number of carbonyl (C=O) groups excluding carboxylic acids is 2. The molecule has 2 unspecified atom stereocenters. The fraction of sp³-hybridized carbons (Fsp3) is 0.500. The molecule has 2 aliphatic rings. The van der Waals surface area contributed by atoms with Crippen molar-refractivity contribution in [3.05, 3.63) is 34.3 Å². The van der Waals surface area contributed by atoms with E-state index in [0.717, 1.165) is 6.07 Å². The zero-order chi connectivity index (χ0) is 18.4. The van der Waals surface area contributed by atoms with Gasteiger partial charge in [0, 0.05) is 19.5 Å². The molecule has 0 radical (unpaired) electrons. The maximum absolute atomic E-state index is 12.8. The number of hydrogen-bond acceptors (Lipinski definition) is 3. The van der Waals surface area contributed by atoms with Gasteiger partial charge in [-0.25, -0.2) is 0 Å². The minimum atomic E-state index is -4.49. The predicted octanol–water partition coefficient (Wildman–Crippen LogP) is 2.24. The van der Waals surface area contributed by atoms with Crippen molar-refractivity contribution in [1.82, 2.24) is 15.1 Å². The molecule has 2 saturated heterocycles. The Hall–Kier alpha value is -1.80. The van der Waals surface area contributed by atoms with Crippen molar-refractivity contribution in [2.75, 3.05) is 13.1 Å². The summed E-state index contributed by atoms with van der Waals surface area (Å²) in [6, 6.07) is 3.09. The molecule has 0 aromatic heterocycles. The van der Waals surface area contributed by atoms with Crippen LogP contribution in [-0.2, 0) is 22.3 Å². The summed E-state index contributed by atoms with van der Waals surface area (Å²) in [6.45, 7) is 2.78. The Labute approximate surface area is 147 Å². The lowest BCUT2D eigenvalue weighted by molar-refractivity contribution is -0.159. The normalized spacial score (nSPS) is 24.9. The highest BCUT2D eigenvalue weighted by molar-refractivity contribution is 6.31. The number of nitrogens with one attached hydrogen (secondary N) is 1. The summed E-state index contributed by atoms with van der Waals surface area (Å²) in [6.07, 6.45) is -4.54. The molecule has 136 valence electrons. The number of halogens is 4. The Morgan fingerprint density at radius 3 is 2.68 bits per heavy atom. The number of piperazine rings is 1. The van der Waals surface area contributed by atoms with Gasteiger partial charge in [-0.3, -0.25) is 14.5 Å². The van der Waals surface area contributed by atoms with Gasteiger partial charge >= 0.3 is 6.18 Å². The minimum absolute atomic E-state index is 0.0888. The molecule has 5 nitrogen and oxygen atoms in total. The van der Waals surface area contributed by atoms with Gasteiger partial charge in [-0.05, 0) is 24.6 Å².